The molecule has 1 atom stereocenters. The van der Waals surface area contributed by atoms with Gasteiger partial charge in [-0.15, -0.1) is 10.2 Å². The number of ether oxygens (including phenoxy) is 1. The molecule has 0 amide bonds. The van der Waals surface area contributed by atoms with E-state index in [9.17, 15) is 0 Å². The molecule has 0 saturated heterocycles. The zero-order valence-corrected chi connectivity index (χ0v) is 14.6. The molecule has 25 heavy (non-hydrogen) atoms. The number of hydrogen-bond donors (Lipinski definition) is 0. The highest BCUT2D eigenvalue weighted by Gasteiger charge is 2.11. The summed E-state index contributed by atoms with van der Waals surface area (Å²) in [6.45, 7) is 2.45. The Labute approximate surface area is 150 Å². The summed E-state index contributed by atoms with van der Waals surface area (Å²) < 4.78 is 9.92. The Morgan fingerprint density at radius 3 is 2.96 bits per heavy atom. The maximum Gasteiger partial charge on any atom is 0.154 e. The monoisotopic (exact) mass is 401 g/mol. The van der Waals surface area contributed by atoms with Crippen molar-refractivity contribution in [3.05, 3.63) is 41.5 Å². The fraction of sp³-hybridized carbons (Fsp3) is 0.214. The minimum absolute atomic E-state index is 0.140. The van der Waals surface area contributed by atoms with Crippen molar-refractivity contribution in [3.8, 4) is 17.1 Å². The van der Waals surface area contributed by atoms with Crippen molar-refractivity contribution >= 4 is 21.6 Å². The zero-order chi connectivity index (χ0) is 17.2. The number of hydrogen-bond acceptors (Lipinski definition) is 8. The average molecular weight is 402 g/mol. The van der Waals surface area contributed by atoms with Crippen molar-refractivity contribution in [2.45, 2.75) is 19.6 Å². The van der Waals surface area contributed by atoms with Crippen molar-refractivity contribution in [2.75, 3.05) is 0 Å². The van der Waals surface area contributed by atoms with Crippen LogP contribution in [0.4, 0.5) is 0 Å². The van der Waals surface area contributed by atoms with Gasteiger partial charge in [0, 0.05) is 6.07 Å². The molecule has 0 saturated carbocycles. The fourth-order valence-electron chi connectivity index (χ4n) is 2.32. The molecule has 0 aromatic carbocycles. The molecule has 11 heteroatoms. The van der Waals surface area contributed by atoms with E-state index in [0.29, 0.717) is 23.7 Å². The van der Waals surface area contributed by atoms with Crippen LogP contribution in [-0.2, 0) is 6.54 Å². The van der Waals surface area contributed by atoms with E-state index in [1.807, 2.05) is 19.1 Å². The SMILES string of the molecule is C[C@@H](Cn1cnnn1)Oc1cnnc(-c2ccc3ncc(Br)n3n2)c1. The number of aromatic nitrogens is 9. The smallest absolute Gasteiger partial charge is 0.154 e. The predicted molar refractivity (Wildman–Crippen MR) is 89.6 cm³/mol. The Hall–Kier alpha value is -2.95. The Kier molecular flexibility index (Phi) is 4.06. The lowest BCUT2D eigenvalue weighted by atomic mass is 10.2. The van der Waals surface area contributed by atoms with Gasteiger partial charge in [0.2, 0.25) is 0 Å². The molecular weight excluding hydrogens is 390 g/mol. The summed E-state index contributed by atoms with van der Waals surface area (Å²) in [5.74, 6) is 0.595. The van der Waals surface area contributed by atoms with Gasteiger partial charge in [0.05, 0.1) is 18.9 Å². The standard InChI is InChI=1S/C14H12BrN9O/c1-9(7-23-8-18-21-22-23)25-10-4-12(19-17-5-10)11-2-3-14-16-6-13(15)24(14)20-11/h2-6,8-9H,7H2,1H3/t9-/m0/s1. The molecule has 0 fully saturated rings. The quantitative estimate of drug-likeness (QED) is 0.493. The van der Waals surface area contributed by atoms with Gasteiger partial charge in [0.15, 0.2) is 5.65 Å². The highest BCUT2D eigenvalue weighted by molar-refractivity contribution is 9.10. The van der Waals surface area contributed by atoms with Gasteiger partial charge in [-0.25, -0.2) is 14.2 Å². The zero-order valence-electron chi connectivity index (χ0n) is 13.1. The summed E-state index contributed by atoms with van der Waals surface area (Å²) in [6.07, 6.45) is 4.65. The maximum atomic E-state index is 5.87. The Bertz CT molecular complexity index is 1000. The van der Waals surface area contributed by atoms with E-state index in [2.05, 4.69) is 51.7 Å². The lowest BCUT2D eigenvalue weighted by Gasteiger charge is -2.14. The van der Waals surface area contributed by atoms with E-state index in [1.165, 1.54) is 6.33 Å². The van der Waals surface area contributed by atoms with Gasteiger partial charge in [-0.3, -0.25) is 0 Å². The van der Waals surface area contributed by atoms with Crippen LogP contribution in [0.5, 0.6) is 5.75 Å². The molecule has 0 aliphatic carbocycles. The van der Waals surface area contributed by atoms with Gasteiger partial charge in [-0.1, -0.05) is 0 Å². The van der Waals surface area contributed by atoms with Gasteiger partial charge in [0.25, 0.3) is 0 Å². The first-order valence-corrected chi connectivity index (χ1v) is 8.19. The van der Waals surface area contributed by atoms with Gasteiger partial charge in [0.1, 0.15) is 34.2 Å². The summed E-state index contributed by atoms with van der Waals surface area (Å²) in [5.41, 5.74) is 2.01. The molecule has 0 bridgehead atoms. The van der Waals surface area contributed by atoms with Crippen molar-refractivity contribution in [1.82, 2.24) is 45.0 Å². The summed E-state index contributed by atoms with van der Waals surface area (Å²) in [7, 11) is 0. The van der Waals surface area contributed by atoms with Crippen LogP contribution in [0.2, 0.25) is 0 Å². The molecule has 0 spiro atoms. The minimum Gasteiger partial charge on any atom is -0.487 e. The largest absolute Gasteiger partial charge is 0.487 e. The summed E-state index contributed by atoms with van der Waals surface area (Å²) in [4.78, 5) is 4.22. The molecular formula is C14H12BrN9O. The van der Waals surface area contributed by atoms with Crippen LogP contribution < -0.4 is 4.74 Å². The number of rotatable bonds is 5. The second kappa shape index (κ2) is 6.51. The molecule has 0 radical (unpaired) electrons. The van der Waals surface area contributed by atoms with Crippen LogP contribution in [0.15, 0.2) is 41.5 Å². The van der Waals surface area contributed by atoms with E-state index < -0.39 is 0 Å². The normalized spacial score (nSPS) is 12.4. The van der Waals surface area contributed by atoms with Crippen LogP contribution in [0.1, 0.15) is 6.92 Å². The first kappa shape index (κ1) is 15.6. The van der Waals surface area contributed by atoms with Crippen LogP contribution in [0.3, 0.4) is 0 Å². The molecule has 0 aliphatic rings. The number of tetrazole rings is 1. The van der Waals surface area contributed by atoms with Crippen molar-refractivity contribution in [2.24, 2.45) is 0 Å². The molecule has 0 unspecified atom stereocenters. The fourth-order valence-corrected chi connectivity index (χ4v) is 2.68. The molecule has 126 valence electrons. The third-order valence-electron chi connectivity index (χ3n) is 3.39. The second-order valence-corrected chi connectivity index (χ2v) is 6.12. The molecule has 0 aliphatic heterocycles. The summed E-state index contributed by atoms with van der Waals surface area (Å²) in [5, 5.41) is 23.7. The predicted octanol–water partition coefficient (Wildman–Crippen LogP) is 1.40. The summed E-state index contributed by atoms with van der Waals surface area (Å²) >= 11 is 3.41. The second-order valence-electron chi connectivity index (χ2n) is 5.31. The third-order valence-corrected chi connectivity index (χ3v) is 3.93. The van der Waals surface area contributed by atoms with Crippen LogP contribution in [0, 0.1) is 0 Å². The Balaban J connectivity index is 1.56. The third kappa shape index (κ3) is 3.31. The van der Waals surface area contributed by atoms with E-state index in [0.717, 1.165) is 10.3 Å². The van der Waals surface area contributed by atoms with Gasteiger partial charge in [-0.05, 0) is 45.4 Å². The first-order valence-electron chi connectivity index (χ1n) is 7.40. The van der Waals surface area contributed by atoms with Crippen LogP contribution >= 0.6 is 15.9 Å². The number of nitrogens with zero attached hydrogens (tertiary/aromatic N) is 9. The molecule has 4 aromatic rings. The number of fused-ring (bicyclic) bond motifs is 1. The highest BCUT2D eigenvalue weighted by atomic mass is 79.9. The van der Waals surface area contributed by atoms with Crippen LogP contribution in [0.25, 0.3) is 17.0 Å². The van der Waals surface area contributed by atoms with Crippen LogP contribution in [-0.4, -0.2) is 51.1 Å². The van der Waals surface area contributed by atoms with E-state index in [1.54, 1.807) is 27.7 Å². The van der Waals surface area contributed by atoms with E-state index >= 15 is 0 Å². The van der Waals surface area contributed by atoms with Crippen molar-refractivity contribution in [1.29, 1.82) is 0 Å². The summed E-state index contributed by atoms with van der Waals surface area (Å²) in [6, 6.07) is 5.50. The van der Waals surface area contributed by atoms with E-state index in [4.69, 9.17) is 4.74 Å². The molecule has 4 heterocycles. The molecule has 4 aromatic heterocycles. The highest BCUT2D eigenvalue weighted by Crippen LogP contribution is 2.21. The number of halogens is 1. The van der Waals surface area contributed by atoms with Gasteiger partial charge in [-0.2, -0.15) is 10.2 Å². The maximum absolute atomic E-state index is 5.87. The molecule has 4 rings (SSSR count). The average Bonchev–Trinajstić information content (AvgIpc) is 3.25. The first-order chi connectivity index (χ1) is 12.2. The lowest BCUT2D eigenvalue weighted by molar-refractivity contribution is 0.192. The minimum atomic E-state index is -0.140. The van der Waals surface area contributed by atoms with Gasteiger partial charge < -0.3 is 4.74 Å². The van der Waals surface area contributed by atoms with Gasteiger partial charge >= 0.3 is 0 Å². The topological polar surface area (TPSA) is 109 Å². The van der Waals surface area contributed by atoms with Crippen molar-refractivity contribution < 1.29 is 4.74 Å². The number of imidazole rings is 1. The molecule has 10 nitrogen and oxygen atoms in total. The Morgan fingerprint density at radius 2 is 2.12 bits per heavy atom. The lowest BCUT2D eigenvalue weighted by Crippen LogP contribution is -2.20. The van der Waals surface area contributed by atoms with Crippen molar-refractivity contribution in [3.63, 3.8) is 0 Å². The Morgan fingerprint density at radius 1 is 1.20 bits per heavy atom. The van der Waals surface area contributed by atoms with E-state index in [-0.39, 0.29) is 6.10 Å². The molecule has 0 N–H and O–H groups in total.